The van der Waals surface area contributed by atoms with Crippen LogP contribution in [0.15, 0.2) is 6.20 Å². The molecule has 1 atom stereocenters. The zero-order valence-corrected chi connectivity index (χ0v) is 12.7. The average Bonchev–Trinajstić information content (AvgIpc) is 2.83. The maximum Gasteiger partial charge on any atom is 0.185 e. The lowest BCUT2D eigenvalue weighted by Crippen LogP contribution is -2.23. The summed E-state index contributed by atoms with van der Waals surface area (Å²) in [6.45, 7) is 8.08. The van der Waals surface area contributed by atoms with Gasteiger partial charge in [-0.15, -0.1) is 11.3 Å². The van der Waals surface area contributed by atoms with Gasteiger partial charge in [-0.25, -0.2) is 4.98 Å². The molecule has 0 saturated carbocycles. The summed E-state index contributed by atoms with van der Waals surface area (Å²) >= 11 is 1.76. The summed E-state index contributed by atoms with van der Waals surface area (Å²) in [7, 11) is 3.84. The number of methoxy groups -OCH3 is 1. The Morgan fingerprint density at radius 1 is 1.56 bits per heavy atom. The largest absolute Gasteiger partial charge is 0.383 e. The van der Waals surface area contributed by atoms with Crippen LogP contribution in [0.2, 0.25) is 0 Å². The van der Waals surface area contributed by atoms with Crippen molar-refractivity contribution in [1.82, 2.24) is 10.3 Å². The van der Waals surface area contributed by atoms with Crippen LogP contribution in [-0.4, -0.2) is 38.8 Å². The predicted octanol–water partition coefficient (Wildman–Crippen LogP) is 2.36. The van der Waals surface area contributed by atoms with Gasteiger partial charge in [-0.1, -0.05) is 20.3 Å². The van der Waals surface area contributed by atoms with Gasteiger partial charge in [0.2, 0.25) is 0 Å². The van der Waals surface area contributed by atoms with E-state index < -0.39 is 0 Å². The van der Waals surface area contributed by atoms with Crippen molar-refractivity contribution in [2.75, 3.05) is 38.8 Å². The van der Waals surface area contributed by atoms with Crippen molar-refractivity contribution < 1.29 is 4.74 Å². The second-order valence-electron chi connectivity index (χ2n) is 4.67. The van der Waals surface area contributed by atoms with E-state index in [1.54, 1.807) is 18.4 Å². The molecule has 0 amide bonds. The van der Waals surface area contributed by atoms with E-state index in [0.29, 0.717) is 5.92 Å². The van der Waals surface area contributed by atoms with Crippen LogP contribution < -0.4 is 10.2 Å². The Morgan fingerprint density at radius 2 is 2.33 bits per heavy atom. The van der Waals surface area contributed by atoms with Gasteiger partial charge in [-0.05, 0) is 5.92 Å². The Labute approximate surface area is 114 Å². The Bertz CT molecular complexity index is 330. The number of nitrogens with one attached hydrogen (secondary N) is 1. The van der Waals surface area contributed by atoms with Gasteiger partial charge in [-0.3, -0.25) is 0 Å². The molecule has 0 bridgehead atoms. The molecule has 0 saturated heterocycles. The second kappa shape index (κ2) is 8.45. The molecule has 1 unspecified atom stereocenters. The zero-order valence-electron chi connectivity index (χ0n) is 11.9. The Balaban J connectivity index is 2.37. The number of aromatic nitrogens is 1. The Hall–Kier alpha value is -0.650. The highest BCUT2D eigenvalue weighted by molar-refractivity contribution is 7.15. The van der Waals surface area contributed by atoms with Gasteiger partial charge in [0.1, 0.15) is 0 Å². The molecule has 1 aromatic rings. The van der Waals surface area contributed by atoms with Gasteiger partial charge in [0.25, 0.3) is 0 Å². The SMILES string of the molecule is CCC(C)CN(C)c1ncc(CNCCOC)s1. The summed E-state index contributed by atoms with van der Waals surface area (Å²) in [4.78, 5) is 8.00. The first-order valence-corrected chi connectivity index (χ1v) is 7.34. The molecule has 4 nitrogen and oxygen atoms in total. The van der Waals surface area contributed by atoms with Gasteiger partial charge in [0, 0.05) is 44.9 Å². The summed E-state index contributed by atoms with van der Waals surface area (Å²) in [6.07, 6.45) is 3.17. The van der Waals surface area contributed by atoms with Crippen LogP contribution in [0, 0.1) is 5.92 Å². The monoisotopic (exact) mass is 271 g/mol. The molecule has 0 spiro atoms. The molecule has 0 aliphatic carbocycles. The van der Waals surface area contributed by atoms with Crippen LogP contribution >= 0.6 is 11.3 Å². The number of thiazole rings is 1. The van der Waals surface area contributed by atoms with Crippen molar-refractivity contribution >= 4 is 16.5 Å². The minimum Gasteiger partial charge on any atom is -0.383 e. The Kier molecular flexibility index (Phi) is 7.23. The summed E-state index contributed by atoms with van der Waals surface area (Å²) in [5, 5.41) is 4.44. The first-order valence-electron chi connectivity index (χ1n) is 6.52. The van der Waals surface area contributed by atoms with Crippen LogP contribution in [0.25, 0.3) is 0 Å². The summed E-state index contributed by atoms with van der Waals surface area (Å²) in [5.41, 5.74) is 0. The standard InChI is InChI=1S/C13H25N3OS/c1-5-11(2)10-16(3)13-15-9-12(18-13)8-14-6-7-17-4/h9,11,14H,5-8,10H2,1-4H3. The third-order valence-corrected chi connectivity index (χ3v) is 4.04. The van der Waals surface area contributed by atoms with Crippen LogP contribution in [0.1, 0.15) is 25.1 Å². The molecule has 5 heteroatoms. The minimum absolute atomic E-state index is 0.710. The van der Waals surface area contributed by atoms with Crippen LogP contribution in [-0.2, 0) is 11.3 Å². The number of nitrogens with zero attached hydrogens (tertiary/aromatic N) is 2. The van der Waals surface area contributed by atoms with E-state index in [1.165, 1.54) is 11.3 Å². The van der Waals surface area contributed by atoms with E-state index in [2.05, 4.69) is 36.1 Å². The molecule has 1 aromatic heterocycles. The van der Waals surface area contributed by atoms with Crippen molar-refractivity contribution in [1.29, 1.82) is 0 Å². The van der Waals surface area contributed by atoms with Crippen molar-refractivity contribution in [2.45, 2.75) is 26.8 Å². The lowest BCUT2D eigenvalue weighted by atomic mass is 10.1. The third kappa shape index (κ3) is 5.33. The molecule has 0 aliphatic heterocycles. The van der Waals surface area contributed by atoms with E-state index in [-0.39, 0.29) is 0 Å². The molecule has 0 aliphatic rings. The summed E-state index contributed by atoms with van der Waals surface area (Å²) in [6, 6.07) is 0. The molecule has 0 fully saturated rings. The fraction of sp³-hybridized carbons (Fsp3) is 0.769. The number of rotatable bonds is 9. The number of anilines is 1. The van der Waals surface area contributed by atoms with E-state index in [1.807, 2.05) is 6.20 Å². The normalized spacial score (nSPS) is 12.7. The van der Waals surface area contributed by atoms with Crippen LogP contribution in [0.5, 0.6) is 0 Å². The lowest BCUT2D eigenvalue weighted by molar-refractivity contribution is 0.199. The Morgan fingerprint density at radius 3 is 3.00 bits per heavy atom. The van der Waals surface area contributed by atoms with Gasteiger partial charge in [0.05, 0.1) is 6.61 Å². The molecule has 1 heterocycles. The third-order valence-electron chi connectivity index (χ3n) is 2.93. The minimum atomic E-state index is 0.710. The van der Waals surface area contributed by atoms with Gasteiger partial charge in [-0.2, -0.15) is 0 Å². The molecule has 0 aromatic carbocycles. The van der Waals surface area contributed by atoms with E-state index in [9.17, 15) is 0 Å². The molecular weight excluding hydrogens is 246 g/mol. The zero-order chi connectivity index (χ0) is 13.4. The molecule has 1 N–H and O–H groups in total. The maximum atomic E-state index is 5.00. The van der Waals surface area contributed by atoms with E-state index in [4.69, 9.17) is 4.74 Å². The number of ether oxygens (including phenoxy) is 1. The first kappa shape index (κ1) is 15.4. The van der Waals surface area contributed by atoms with Crippen molar-refractivity contribution in [2.24, 2.45) is 5.92 Å². The fourth-order valence-electron chi connectivity index (χ4n) is 1.62. The molecular formula is C13H25N3OS. The topological polar surface area (TPSA) is 37.4 Å². The maximum absolute atomic E-state index is 5.00. The first-order chi connectivity index (χ1) is 8.67. The van der Waals surface area contributed by atoms with Gasteiger partial charge < -0.3 is 15.0 Å². The van der Waals surface area contributed by atoms with Gasteiger partial charge in [0.15, 0.2) is 5.13 Å². The highest BCUT2D eigenvalue weighted by Gasteiger charge is 2.09. The highest BCUT2D eigenvalue weighted by atomic mass is 32.1. The quantitative estimate of drug-likeness (QED) is 0.700. The molecule has 1 rings (SSSR count). The molecule has 104 valence electrons. The van der Waals surface area contributed by atoms with Crippen LogP contribution in [0.3, 0.4) is 0 Å². The molecule has 0 radical (unpaired) electrons. The predicted molar refractivity (Wildman–Crippen MR) is 78.4 cm³/mol. The summed E-state index contributed by atoms with van der Waals surface area (Å²) < 4.78 is 5.00. The fourth-order valence-corrected chi connectivity index (χ4v) is 2.47. The van der Waals surface area contributed by atoms with E-state index in [0.717, 1.165) is 31.4 Å². The summed E-state index contributed by atoms with van der Waals surface area (Å²) in [5.74, 6) is 0.710. The van der Waals surface area contributed by atoms with E-state index >= 15 is 0 Å². The smallest absolute Gasteiger partial charge is 0.185 e. The molecule has 18 heavy (non-hydrogen) atoms. The van der Waals surface area contributed by atoms with Crippen molar-refractivity contribution in [3.8, 4) is 0 Å². The van der Waals surface area contributed by atoms with Crippen molar-refractivity contribution in [3.63, 3.8) is 0 Å². The second-order valence-corrected chi connectivity index (χ2v) is 5.77. The lowest BCUT2D eigenvalue weighted by Gasteiger charge is -2.19. The van der Waals surface area contributed by atoms with Crippen LogP contribution in [0.4, 0.5) is 5.13 Å². The highest BCUT2D eigenvalue weighted by Crippen LogP contribution is 2.22. The van der Waals surface area contributed by atoms with Gasteiger partial charge >= 0.3 is 0 Å². The van der Waals surface area contributed by atoms with Crippen molar-refractivity contribution in [3.05, 3.63) is 11.1 Å². The number of hydrogen-bond donors (Lipinski definition) is 1. The number of hydrogen-bond acceptors (Lipinski definition) is 5. The average molecular weight is 271 g/mol.